The monoisotopic (exact) mass is 351 g/mol. The van der Waals surface area contributed by atoms with Crippen molar-refractivity contribution >= 4 is 23.3 Å². The lowest BCUT2D eigenvalue weighted by Gasteiger charge is -2.25. The topological polar surface area (TPSA) is 92.4 Å². The molecule has 0 aliphatic carbocycles. The first-order valence-electron chi connectivity index (χ1n) is 8.67. The Bertz CT molecular complexity index is 913. The van der Waals surface area contributed by atoms with Crippen molar-refractivity contribution in [3.05, 3.63) is 47.4 Å². The van der Waals surface area contributed by atoms with Crippen LogP contribution in [-0.4, -0.2) is 41.4 Å². The number of amides is 2. The molecular formula is C19H21N5O2. The Kier molecular flexibility index (Phi) is 3.68. The second-order valence-corrected chi connectivity index (χ2v) is 7.05. The van der Waals surface area contributed by atoms with Crippen LogP contribution in [0.1, 0.15) is 23.4 Å². The van der Waals surface area contributed by atoms with E-state index in [9.17, 15) is 9.59 Å². The number of primary amides is 1. The van der Waals surface area contributed by atoms with Gasteiger partial charge in [-0.2, -0.15) is 0 Å². The summed E-state index contributed by atoms with van der Waals surface area (Å²) in [5.74, 6) is 0.249. The number of aromatic nitrogens is 2. The minimum Gasteiger partial charge on any atom is -0.368 e. The second kappa shape index (κ2) is 5.79. The Morgan fingerprint density at radius 3 is 2.85 bits per heavy atom. The van der Waals surface area contributed by atoms with E-state index >= 15 is 0 Å². The number of nitrogens with zero attached hydrogens (tertiary/aromatic N) is 4. The van der Waals surface area contributed by atoms with Gasteiger partial charge in [0.2, 0.25) is 11.8 Å². The molecule has 1 aromatic heterocycles. The first-order chi connectivity index (χ1) is 12.4. The molecule has 0 radical (unpaired) electrons. The van der Waals surface area contributed by atoms with Crippen molar-refractivity contribution in [1.82, 2.24) is 9.97 Å². The van der Waals surface area contributed by atoms with E-state index in [1.807, 2.05) is 38.1 Å². The van der Waals surface area contributed by atoms with E-state index < -0.39 is 11.3 Å². The molecule has 1 spiro atoms. The summed E-state index contributed by atoms with van der Waals surface area (Å²) < 4.78 is 0. The van der Waals surface area contributed by atoms with E-state index in [-0.39, 0.29) is 12.5 Å². The average Bonchev–Trinajstić information content (AvgIpc) is 3.15. The van der Waals surface area contributed by atoms with E-state index in [1.165, 1.54) is 4.90 Å². The molecule has 7 nitrogen and oxygen atoms in total. The van der Waals surface area contributed by atoms with Gasteiger partial charge in [-0.15, -0.1) is 0 Å². The van der Waals surface area contributed by atoms with Gasteiger partial charge >= 0.3 is 0 Å². The van der Waals surface area contributed by atoms with Crippen molar-refractivity contribution in [2.75, 3.05) is 29.4 Å². The maximum atomic E-state index is 13.3. The maximum absolute atomic E-state index is 13.3. The first-order valence-corrected chi connectivity index (χ1v) is 8.67. The fourth-order valence-corrected chi connectivity index (χ4v) is 4.12. The van der Waals surface area contributed by atoms with Crippen molar-refractivity contribution in [3.8, 4) is 0 Å². The van der Waals surface area contributed by atoms with Crippen LogP contribution in [-0.2, 0) is 15.0 Å². The highest BCUT2D eigenvalue weighted by atomic mass is 16.2. The lowest BCUT2D eigenvalue weighted by atomic mass is 9.81. The van der Waals surface area contributed by atoms with Gasteiger partial charge in [0.05, 0.1) is 16.8 Å². The summed E-state index contributed by atoms with van der Waals surface area (Å²) in [4.78, 5) is 37.5. The zero-order valence-electron chi connectivity index (χ0n) is 14.9. The van der Waals surface area contributed by atoms with Gasteiger partial charge in [0.1, 0.15) is 12.4 Å². The van der Waals surface area contributed by atoms with E-state index in [2.05, 4.69) is 14.9 Å². The number of aryl methyl sites for hydroxylation is 2. The summed E-state index contributed by atoms with van der Waals surface area (Å²) in [6.07, 6.45) is 2.42. The molecule has 134 valence electrons. The van der Waals surface area contributed by atoms with Crippen LogP contribution in [0.5, 0.6) is 0 Å². The smallest absolute Gasteiger partial charge is 0.240 e. The lowest BCUT2D eigenvalue weighted by Crippen LogP contribution is -2.45. The van der Waals surface area contributed by atoms with Crippen LogP contribution in [0.4, 0.5) is 11.5 Å². The molecule has 1 atom stereocenters. The number of carbonyl (C=O) groups excluding carboxylic acids is 2. The van der Waals surface area contributed by atoms with Crippen LogP contribution in [0, 0.1) is 13.8 Å². The summed E-state index contributed by atoms with van der Waals surface area (Å²) in [5.41, 5.74) is 8.15. The molecule has 2 N–H and O–H groups in total. The van der Waals surface area contributed by atoms with Crippen molar-refractivity contribution < 1.29 is 9.59 Å². The minimum atomic E-state index is -0.663. The molecule has 0 bridgehead atoms. The summed E-state index contributed by atoms with van der Waals surface area (Å²) in [6.45, 7) is 4.98. The number of benzene rings is 1. The van der Waals surface area contributed by atoms with Gasteiger partial charge in [0.25, 0.3) is 0 Å². The molecule has 2 amide bonds. The van der Waals surface area contributed by atoms with Crippen LogP contribution in [0.25, 0.3) is 0 Å². The zero-order valence-corrected chi connectivity index (χ0v) is 14.9. The van der Waals surface area contributed by atoms with Gasteiger partial charge in [-0.05, 0) is 31.9 Å². The van der Waals surface area contributed by atoms with Gasteiger partial charge in [-0.25, -0.2) is 4.98 Å². The summed E-state index contributed by atoms with van der Waals surface area (Å²) in [7, 11) is 0. The van der Waals surface area contributed by atoms with E-state index in [0.717, 1.165) is 28.5 Å². The molecule has 1 aromatic carbocycles. The fourth-order valence-electron chi connectivity index (χ4n) is 4.12. The number of anilines is 2. The predicted octanol–water partition coefficient (Wildman–Crippen LogP) is 1.07. The molecule has 2 aromatic rings. The van der Waals surface area contributed by atoms with Gasteiger partial charge in [-0.1, -0.05) is 18.2 Å². The number of fused-ring (bicyclic) bond motifs is 2. The molecule has 2 aliphatic heterocycles. The SMILES string of the molecule is Cc1cnc(C)c(N2CC[C@]3(C2)C(=O)N(CC(N)=O)c2ccccc23)n1. The summed E-state index contributed by atoms with van der Waals surface area (Å²) >= 11 is 0. The molecule has 3 heterocycles. The van der Waals surface area contributed by atoms with E-state index in [4.69, 9.17) is 5.73 Å². The Morgan fingerprint density at radius 2 is 2.08 bits per heavy atom. The molecule has 7 heteroatoms. The third kappa shape index (κ3) is 2.34. The van der Waals surface area contributed by atoms with Crippen molar-refractivity contribution in [3.63, 3.8) is 0 Å². The molecule has 1 fully saturated rings. The van der Waals surface area contributed by atoms with Crippen molar-refractivity contribution in [2.45, 2.75) is 25.7 Å². The minimum absolute atomic E-state index is 0.0572. The number of rotatable bonds is 3. The highest BCUT2D eigenvalue weighted by molar-refractivity contribution is 6.11. The van der Waals surface area contributed by atoms with Crippen molar-refractivity contribution in [2.24, 2.45) is 5.73 Å². The predicted molar refractivity (Wildman–Crippen MR) is 98.0 cm³/mol. The third-order valence-corrected chi connectivity index (χ3v) is 5.30. The Morgan fingerprint density at radius 1 is 1.31 bits per heavy atom. The molecule has 1 saturated heterocycles. The van der Waals surface area contributed by atoms with Gasteiger partial charge in [-0.3, -0.25) is 14.6 Å². The quantitative estimate of drug-likeness (QED) is 0.893. The second-order valence-electron chi connectivity index (χ2n) is 7.05. The highest BCUT2D eigenvalue weighted by Gasteiger charge is 2.54. The van der Waals surface area contributed by atoms with Crippen LogP contribution < -0.4 is 15.5 Å². The summed E-state index contributed by atoms with van der Waals surface area (Å²) in [6, 6.07) is 7.67. The van der Waals surface area contributed by atoms with Gasteiger partial charge in [0, 0.05) is 25.0 Å². The molecule has 0 saturated carbocycles. The Labute approximate surface area is 151 Å². The van der Waals surface area contributed by atoms with Gasteiger partial charge in [0.15, 0.2) is 0 Å². The number of hydrogen-bond acceptors (Lipinski definition) is 5. The molecule has 4 rings (SSSR count). The van der Waals surface area contributed by atoms with E-state index in [0.29, 0.717) is 19.5 Å². The maximum Gasteiger partial charge on any atom is 0.240 e. The largest absolute Gasteiger partial charge is 0.368 e. The number of para-hydroxylation sites is 1. The summed E-state index contributed by atoms with van der Waals surface area (Å²) in [5, 5.41) is 0. The number of nitrogens with two attached hydrogens (primary N) is 1. The third-order valence-electron chi connectivity index (χ3n) is 5.30. The van der Waals surface area contributed by atoms with Crippen LogP contribution in [0.2, 0.25) is 0 Å². The van der Waals surface area contributed by atoms with Gasteiger partial charge < -0.3 is 15.5 Å². The standard InChI is InChI=1S/C19H21N5O2/c1-12-9-21-13(2)17(22-12)23-8-7-19(11-23)14-5-3-4-6-15(14)24(18(19)26)10-16(20)25/h3-6,9H,7-8,10-11H2,1-2H3,(H2,20,25)/t19-/m1/s1. The van der Waals surface area contributed by atoms with Crippen molar-refractivity contribution in [1.29, 1.82) is 0 Å². The normalized spacial score (nSPS) is 21.5. The lowest BCUT2D eigenvalue weighted by molar-refractivity contribution is -0.124. The number of carbonyl (C=O) groups is 2. The van der Waals surface area contributed by atoms with Crippen LogP contribution in [0.15, 0.2) is 30.5 Å². The number of hydrogen-bond donors (Lipinski definition) is 1. The highest BCUT2D eigenvalue weighted by Crippen LogP contribution is 2.47. The Hall–Kier alpha value is -2.96. The zero-order chi connectivity index (χ0) is 18.5. The Balaban J connectivity index is 1.74. The molecule has 26 heavy (non-hydrogen) atoms. The molecule has 2 aliphatic rings. The van der Waals surface area contributed by atoms with E-state index in [1.54, 1.807) is 6.20 Å². The van der Waals surface area contributed by atoms with Crippen LogP contribution in [0.3, 0.4) is 0 Å². The molecule has 0 unspecified atom stereocenters. The van der Waals surface area contributed by atoms with Crippen LogP contribution >= 0.6 is 0 Å². The fraction of sp³-hybridized carbons (Fsp3) is 0.368. The first kappa shape index (κ1) is 16.5. The average molecular weight is 351 g/mol. The molecular weight excluding hydrogens is 330 g/mol.